The molecule has 0 unspecified atom stereocenters. The molecule has 29 heavy (non-hydrogen) atoms. The maximum absolute atomic E-state index is 13.7. The Balaban J connectivity index is 0.000000941. The number of anilines is 1. The Kier molecular flexibility index (Phi) is 7.46. The summed E-state index contributed by atoms with van der Waals surface area (Å²) in [6.45, 7) is 4.11. The van der Waals surface area contributed by atoms with E-state index >= 15 is 0 Å². The molecule has 0 fully saturated rings. The van der Waals surface area contributed by atoms with E-state index in [1.54, 1.807) is 12.3 Å². The van der Waals surface area contributed by atoms with Gasteiger partial charge in [0.1, 0.15) is 23.0 Å². The zero-order chi connectivity index (χ0) is 21.4. The van der Waals surface area contributed by atoms with Gasteiger partial charge < -0.3 is 5.32 Å². The summed E-state index contributed by atoms with van der Waals surface area (Å²) in [4.78, 5) is 32.6. The van der Waals surface area contributed by atoms with Crippen molar-refractivity contribution < 1.29 is 23.2 Å². The highest BCUT2D eigenvalue weighted by molar-refractivity contribution is 6.04. The van der Waals surface area contributed by atoms with Crippen LogP contribution in [0.5, 0.6) is 0 Å². The molecule has 0 aliphatic carbocycles. The normalized spacial score (nSPS) is 9.79. The molecule has 148 valence electrons. The zero-order valence-corrected chi connectivity index (χ0v) is 15.8. The third-order valence-electron chi connectivity index (χ3n) is 4.22. The van der Waals surface area contributed by atoms with Gasteiger partial charge in [0, 0.05) is 11.8 Å². The van der Waals surface area contributed by atoms with Crippen molar-refractivity contribution in [2.45, 2.75) is 20.3 Å². The van der Waals surface area contributed by atoms with Gasteiger partial charge in [0.15, 0.2) is 0 Å². The van der Waals surface area contributed by atoms with Gasteiger partial charge in [-0.05, 0) is 54.3 Å². The maximum atomic E-state index is 13.7. The number of amides is 1. The van der Waals surface area contributed by atoms with E-state index in [-0.39, 0.29) is 12.0 Å². The highest BCUT2D eigenvalue weighted by Gasteiger charge is 2.17. The molecule has 2 aromatic carbocycles. The molecule has 0 saturated carbocycles. The van der Waals surface area contributed by atoms with E-state index in [4.69, 9.17) is 9.59 Å². The van der Waals surface area contributed by atoms with Crippen LogP contribution in [0, 0.1) is 18.6 Å². The lowest BCUT2D eigenvalue weighted by Gasteiger charge is -2.10. The fourth-order valence-electron chi connectivity index (χ4n) is 2.72. The van der Waals surface area contributed by atoms with E-state index in [2.05, 4.69) is 35.4 Å². The van der Waals surface area contributed by atoms with Crippen molar-refractivity contribution in [3.8, 4) is 11.1 Å². The number of hydrogen-bond acceptors (Lipinski definition) is 4. The number of carbonyl (C=O) groups excluding carboxylic acids is 3. The van der Waals surface area contributed by atoms with Gasteiger partial charge in [-0.2, -0.15) is 9.59 Å². The van der Waals surface area contributed by atoms with Gasteiger partial charge in [-0.3, -0.25) is 4.79 Å². The second-order valence-electron chi connectivity index (χ2n) is 6.07. The minimum atomic E-state index is -0.911. The number of aryl methyl sites for hydroxylation is 2. The molecule has 0 saturated heterocycles. The molecule has 0 radical (unpaired) electrons. The van der Waals surface area contributed by atoms with Crippen molar-refractivity contribution in [2.75, 3.05) is 5.32 Å². The Hall–Kier alpha value is -3.70. The Morgan fingerprint density at radius 2 is 1.72 bits per heavy atom. The van der Waals surface area contributed by atoms with E-state index < -0.39 is 23.1 Å². The van der Waals surface area contributed by atoms with Crippen molar-refractivity contribution >= 4 is 17.9 Å². The second kappa shape index (κ2) is 10.0. The number of aromatic nitrogens is 1. The maximum Gasteiger partial charge on any atom is 0.373 e. The van der Waals surface area contributed by atoms with Crippen LogP contribution < -0.4 is 5.32 Å². The van der Waals surface area contributed by atoms with Crippen LogP contribution in [0.1, 0.15) is 28.4 Å². The number of carbonyl (C=O) groups is 1. The number of pyridine rings is 1. The quantitative estimate of drug-likeness (QED) is 0.701. The lowest BCUT2D eigenvalue weighted by molar-refractivity contribution is -0.191. The number of nitrogens with zero attached hydrogens (tertiary/aromatic N) is 1. The highest BCUT2D eigenvalue weighted by Crippen LogP contribution is 2.25. The Morgan fingerprint density at radius 1 is 1.07 bits per heavy atom. The van der Waals surface area contributed by atoms with Crippen LogP contribution in [0.2, 0.25) is 0 Å². The lowest BCUT2D eigenvalue weighted by Crippen LogP contribution is -2.16. The van der Waals surface area contributed by atoms with Gasteiger partial charge in [-0.1, -0.05) is 31.2 Å². The van der Waals surface area contributed by atoms with E-state index in [1.807, 2.05) is 13.0 Å². The zero-order valence-electron chi connectivity index (χ0n) is 15.8. The highest BCUT2D eigenvalue weighted by atomic mass is 19.1. The van der Waals surface area contributed by atoms with Crippen LogP contribution in [0.15, 0.2) is 54.7 Å². The van der Waals surface area contributed by atoms with Gasteiger partial charge in [0.25, 0.3) is 5.91 Å². The average molecular weight is 396 g/mol. The van der Waals surface area contributed by atoms with Gasteiger partial charge in [-0.15, -0.1) is 0 Å². The molecule has 3 rings (SSSR count). The second-order valence-corrected chi connectivity index (χ2v) is 6.07. The van der Waals surface area contributed by atoms with Crippen LogP contribution >= 0.6 is 0 Å². The van der Waals surface area contributed by atoms with Gasteiger partial charge in [0.05, 0.1) is 0 Å². The summed E-state index contributed by atoms with van der Waals surface area (Å²) in [6, 6.07) is 13.0. The topological polar surface area (TPSA) is 76.1 Å². The molecule has 5 nitrogen and oxygen atoms in total. The van der Waals surface area contributed by atoms with Crippen LogP contribution in [-0.2, 0) is 16.0 Å². The number of nitrogens with one attached hydrogen (secondary N) is 1. The van der Waals surface area contributed by atoms with E-state index in [0.29, 0.717) is 0 Å². The molecule has 0 aliphatic rings. The Labute approximate surface area is 166 Å². The Bertz CT molecular complexity index is 1020. The first kappa shape index (κ1) is 21.6. The summed E-state index contributed by atoms with van der Waals surface area (Å²) in [5, 5.41) is 2.43. The van der Waals surface area contributed by atoms with Gasteiger partial charge >= 0.3 is 6.15 Å². The molecule has 0 atom stereocenters. The predicted octanol–water partition coefficient (Wildman–Crippen LogP) is 4.57. The van der Waals surface area contributed by atoms with Crippen molar-refractivity contribution in [2.24, 2.45) is 0 Å². The van der Waals surface area contributed by atoms with Crippen LogP contribution in [0.25, 0.3) is 11.1 Å². The van der Waals surface area contributed by atoms with Crippen molar-refractivity contribution in [3.05, 3.63) is 83.1 Å². The first-order chi connectivity index (χ1) is 13.9. The fourth-order valence-corrected chi connectivity index (χ4v) is 2.72. The Morgan fingerprint density at radius 3 is 2.28 bits per heavy atom. The third-order valence-corrected chi connectivity index (χ3v) is 4.22. The van der Waals surface area contributed by atoms with Crippen LogP contribution in [-0.4, -0.2) is 17.0 Å². The summed E-state index contributed by atoms with van der Waals surface area (Å²) in [7, 11) is 0. The molecule has 1 amide bonds. The first-order valence-corrected chi connectivity index (χ1v) is 8.71. The molecule has 0 bridgehead atoms. The lowest BCUT2D eigenvalue weighted by atomic mass is 9.98. The van der Waals surface area contributed by atoms with Gasteiger partial charge in [-0.25, -0.2) is 13.8 Å². The third kappa shape index (κ3) is 5.40. The summed E-state index contributed by atoms with van der Waals surface area (Å²) >= 11 is 0. The molecule has 7 heteroatoms. The molecule has 0 aliphatic heterocycles. The molecular formula is C22H18F2N2O3. The van der Waals surface area contributed by atoms with Crippen molar-refractivity contribution in [1.29, 1.82) is 0 Å². The molecule has 3 aromatic rings. The SMILES string of the molecule is CCc1ccc(C)c(-c2ccc(NC(=O)c3c(F)cccc3F)nc2)c1.O=C=O. The number of rotatable bonds is 4. The molecule has 1 N–H and O–H groups in total. The van der Waals surface area contributed by atoms with Gasteiger partial charge in [0.2, 0.25) is 0 Å². The van der Waals surface area contributed by atoms with Crippen molar-refractivity contribution in [1.82, 2.24) is 4.98 Å². The average Bonchev–Trinajstić information content (AvgIpc) is 2.69. The molecular weight excluding hydrogens is 378 g/mol. The fraction of sp³-hybridized carbons (Fsp3) is 0.136. The summed E-state index contributed by atoms with van der Waals surface area (Å²) < 4.78 is 27.4. The minimum Gasteiger partial charge on any atom is -0.306 e. The van der Waals surface area contributed by atoms with Crippen molar-refractivity contribution in [3.63, 3.8) is 0 Å². The van der Waals surface area contributed by atoms with E-state index in [1.165, 1.54) is 11.6 Å². The largest absolute Gasteiger partial charge is 0.373 e. The molecule has 0 spiro atoms. The number of benzene rings is 2. The standard InChI is InChI=1S/C21H18F2N2O.CO2/c1-3-14-8-7-13(2)16(11-14)15-9-10-19(24-12-15)25-21(26)20-17(22)5-4-6-18(20)23;2-1-3/h4-12H,3H2,1-2H3,(H,24,25,26);. The number of hydrogen-bond donors (Lipinski definition) is 1. The predicted molar refractivity (Wildman–Crippen MR) is 103 cm³/mol. The smallest absolute Gasteiger partial charge is 0.306 e. The summed E-state index contributed by atoms with van der Waals surface area (Å²) in [5.74, 6) is -2.46. The molecule has 1 heterocycles. The van der Waals surface area contributed by atoms with Crippen LogP contribution in [0.3, 0.4) is 0 Å². The summed E-state index contributed by atoms with van der Waals surface area (Å²) in [5.41, 5.74) is 3.69. The minimum absolute atomic E-state index is 0.228. The van der Waals surface area contributed by atoms with E-state index in [0.717, 1.165) is 35.2 Å². The number of halogens is 2. The van der Waals surface area contributed by atoms with Crippen LogP contribution in [0.4, 0.5) is 14.6 Å². The first-order valence-electron chi connectivity index (χ1n) is 8.71. The van der Waals surface area contributed by atoms with E-state index in [9.17, 15) is 13.6 Å². The summed E-state index contributed by atoms with van der Waals surface area (Å²) in [6.07, 6.45) is 2.82. The molecule has 1 aromatic heterocycles. The monoisotopic (exact) mass is 396 g/mol.